The van der Waals surface area contributed by atoms with E-state index in [1.54, 1.807) is 24.8 Å². The maximum atomic E-state index is 12.8. The summed E-state index contributed by atoms with van der Waals surface area (Å²) < 4.78 is 6.55. The van der Waals surface area contributed by atoms with Gasteiger partial charge < -0.3 is 9.42 Å². The van der Waals surface area contributed by atoms with Crippen LogP contribution in [-0.4, -0.2) is 37.1 Å². The number of aryl methyl sites for hydroxylation is 2. The molecule has 1 aliphatic heterocycles. The standard InChI is InChI=1S/C17H19N5O3/c1-10-8-16(23)22-15(18-10)9-12(19-22)13-5-3-4-6-21(13)17(24)14-7-11(2)20-25-14/h7-9,13,19H,3-6H2,1-2H3. The monoisotopic (exact) mass is 341 g/mol. The van der Waals surface area contributed by atoms with Crippen molar-refractivity contribution in [1.29, 1.82) is 0 Å². The fourth-order valence-electron chi connectivity index (χ4n) is 3.40. The molecule has 130 valence electrons. The largest absolute Gasteiger partial charge is 0.351 e. The number of hydrogen-bond donors (Lipinski definition) is 1. The zero-order valence-corrected chi connectivity index (χ0v) is 14.2. The molecule has 0 saturated carbocycles. The van der Waals surface area contributed by atoms with Crippen molar-refractivity contribution in [3.8, 4) is 0 Å². The highest BCUT2D eigenvalue weighted by molar-refractivity contribution is 5.91. The second-order valence-electron chi connectivity index (χ2n) is 6.48. The van der Waals surface area contributed by atoms with Crippen LogP contribution in [0.15, 0.2) is 27.5 Å². The summed E-state index contributed by atoms with van der Waals surface area (Å²) in [6.45, 7) is 4.21. The van der Waals surface area contributed by atoms with E-state index in [-0.39, 0.29) is 23.3 Å². The summed E-state index contributed by atoms with van der Waals surface area (Å²) in [5, 5.41) is 6.90. The van der Waals surface area contributed by atoms with E-state index in [9.17, 15) is 9.59 Å². The van der Waals surface area contributed by atoms with Crippen molar-refractivity contribution in [1.82, 2.24) is 24.7 Å². The Kier molecular flexibility index (Phi) is 3.67. The minimum Gasteiger partial charge on any atom is -0.351 e. The number of hydrogen-bond acceptors (Lipinski definition) is 5. The van der Waals surface area contributed by atoms with E-state index >= 15 is 0 Å². The molecular formula is C17H19N5O3. The van der Waals surface area contributed by atoms with Crippen LogP contribution >= 0.6 is 0 Å². The predicted octanol–water partition coefficient (Wildman–Crippen LogP) is 1.99. The minimum absolute atomic E-state index is 0.145. The van der Waals surface area contributed by atoms with Gasteiger partial charge in [-0.3, -0.25) is 14.7 Å². The maximum absolute atomic E-state index is 12.8. The third-order valence-corrected chi connectivity index (χ3v) is 4.56. The number of amides is 1. The number of nitrogens with zero attached hydrogens (tertiary/aromatic N) is 4. The molecule has 1 atom stereocenters. The Morgan fingerprint density at radius 3 is 2.84 bits per heavy atom. The second kappa shape index (κ2) is 5.87. The highest BCUT2D eigenvalue weighted by atomic mass is 16.5. The summed E-state index contributed by atoms with van der Waals surface area (Å²) in [6, 6.07) is 4.83. The maximum Gasteiger partial charge on any atom is 0.293 e. The van der Waals surface area contributed by atoms with Gasteiger partial charge in [-0.2, -0.15) is 0 Å². The van der Waals surface area contributed by atoms with Crippen LogP contribution in [0.2, 0.25) is 0 Å². The summed E-state index contributed by atoms with van der Waals surface area (Å²) in [4.78, 5) is 31.1. The van der Waals surface area contributed by atoms with Crippen molar-refractivity contribution < 1.29 is 9.32 Å². The molecule has 8 nitrogen and oxygen atoms in total. The number of piperidine rings is 1. The first kappa shape index (κ1) is 15.6. The third-order valence-electron chi connectivity index (χ3n) is 4.56. The molecule has 1 N–H and O–H groups in total. The van der Waals surface area contributed by atoms with Crippen molar-refractivity contribution >= 4 is 11.6 Å². The lowest BCUT2D eigenvalue weighted by Gasteiger charge is -2.34. The van der Waals surface area contributed by atoms with E-state index in [1.165, 1.54) is 10.6 Å². The lowest BCUT2D eigenvalue weighted by Crippen LogP contribution is -2.38. The minimum atomic E-state index is -0.180. The number of rotatable bonds is 2. The molecule has 3 aromatic rings. The Bertz CT molecular complexity index is 999. The molecular weight excluding hydrogens is 322 g/mol. The van der Waals surface area contributed by atoms with Crippen LogP contribution in [0.4, 0.5) is 0 Å². The van der Waals surface area contributed by atoms with Gasteiger partial charge in [-0.1, -0.05) is 5.16 Å². The van der Waals surface area contributed by atoms with Gasteiger partial charge >= 0.3 is 0 Å². The number of aromatic nitrogens is 4. The van der Waals surface area contributed by atoms with Crippen LogP contribution in [0.25, 0.3) is 5.65 Å². The van der Waals surface area contributed by atoms with E-state index in [1.807, 2.05) is 6.07 Å². The molecule has 0 spiro atoms. The molecule has 0 radical (unpaired) electrons. The number of likely N-dealkylation sites (tertiary alicyclic amines) is 1. The van der Waals surface area contributed by atoms with Crippen LogP contribution in [0.5, 0.6) is 0 Å². The van der Waals surface area contributed by atoms with Crippen molar-refractivity contribution in [3.05, 3.63) is 51.4 Å². The first-order valence-electron chi connectivity index (χ1n) is 8.36. The number of nitrogens with one attached hydrogen (secondary N) is 1. The van der Waals surface area contributed by atoms with Crippen molar-refractivity contribution in [3.63, 3.8) is 0 Å². The number of carbonyl (C=O) groups excluding carboxylic acids is 1. The van der Waals surface area contributed by atoms with Crippen LogP contribution in [0.3, 0.4) is 0 Å². The number of fused-ring (bicyclic) bond motifs is 1. The second-order valence-corrected chi connectivity index (χ2v) is 6.48. The van der Waals surface area contributed by atoms with Crippen molar-refractivity contribution in [2.75, 3.05) is 6.54 Å². The molecule has 0 aromatic carbocycles. The lowest BCUT2D eigenvalue weighted by atomic mass is 9.99. The summed E-state index contributed by atoms with van der Waals surface area (Å²) in [6.07, 6.45) is 2.77. The van der Waals surface area contributed by atoms with Crippen LogP contribution in [-0.2, 0) is 0 Å². The van der Waals surface area contributed by atoms with Gasteiger partial charge in [0.1, 0.15) is 0 Å². The van der Waals surface area contributed by atoms with E-state index in [0.717, 1.165) is 25.0 Å². The van der Waals surface area contributed by atoms with E-state index in [4.69, 9.17) is 4.52 Å². The van der Waals surface area contributed by atoms with Crippen molar-refractivity contribution in [2.24, 2.45) is 0 Å². The average molecular weight is 341 g/mol. The normalized spacial score (nSPS) is 18.0. The fraction of sp³-hybridized carbons (Fsp3) is 0.412. The van der Waals surface area contributed by atoms with Gasteiger partial charge in [-0.05, 0) is 33.1 Å². The van der Waals surface area contributed by atoms with Crippen LogP contribution < -0.4 is 5.56 Å². The molecule has 4 heterocycles. The summed E-state index contributed by atoms with van der Waals surface area (Å²) in [5.41, 5.74) is 2.55. The lowest BCUT2D eigenvalue weighted by molar-refractivity contribution is 0.0563. The molecule has 1 aliphatic rings. The third kappa shape index (κ3) is 2.73. The zero-order chi connectivity index (χ0) is 17.6. The highest BCUT2D eigenvalue weighted by Gasteiger charge is 2.32. The Morgan fingerprint density at radius 2 is 2.08 bits per heavy atom. The molecule has 1 fully saturated rings. The molecule has 8 heteroatoms. The summed E-state index contributed by atoms with van der Waals surface area (Å²) in [7, 11) is 0. The Balaban J connectivity index is 1.73. The molecule has 1 unspecified atom stereocenters. The van der Waals surface area contributed by atoms with Crippen molar-refractivity contribution in [2.45, 2.75) is 39.2 Å². The van der Waals surface area contributed by atoms with Gasteiger partial charge in [0.2, 0.25) is 5.76 Å². The first-order chi connectivity index (χ1) is 12.0. The molecule has 4 rings (SSSR count). The fourth-order valence-corrected chi connectivity index (χ4v) is 3.40. The Labute approximate surface area is 143 Å². The summed E-state index contributed by atoms with van der Waals surface area (Å²) >= 11 is 0. The SMILES string of the molecule is Cc1cc(C(=O)N2CCCCC2c2cc3nc(C)cc(=O)n3[nH]2)on1. The smallest absolute Gasteiger partial charge is 0.293 e. The highest BCUT2D eigenvalue weighted by Crippen LogP contribution is 2.31. The molecule has 3 aromatic heterocycles. The van der Waals surface area contributed by atoms with Gasteiger partial charge in [0.05, 0.1) is 17.4 Å². The van der Waals surface area contributed by atoms with E-state index < -0.39 is 0 Å². The Morgan fingerprint density at radius 1 is 1.24 bits per heavy atom. The van der Waals surface area contributed by atoms with Gasteiger partial charge in [0, 0.05) is 30.4 Å². The number of H-pyrrole nitrogens is 1. The number of carbonyl (C=O) groups is 1. The molecule has 1 amide bonds. The van der Waals surface area contributed by atoms with Gasteiger partial charge in [-0.15, -0.1) is 0 Å². The van der Waals surface area contributed by atoms with Gasteiger partial charge in [-0.25, -0.2) is 9.50 Å². The van der Waals surface area contributed by atoms with E-state index in [2.05, 4.69) is 15.2 Å². The van der Waals surface area contributed by atoms with Crippen LogP contribution in [0, 0.1) is 13.8 Å². The quantitative estimate of drug-likeness (QED) is 0.769. The van der Waals surface area contributed by atoms with Gasteiger partial charge in [0.15, 0.2) is 5.65 Å². The van der Waals surface area contributed by atoms with Crippen LogP contribution in [0.1, 0.15) is 52.9 Å². The van der Waals surface area contributed by atoms with Gasteiger partial charge in [0.25, 0.3) is 11.5 Å². The first-order valence-corrected chi connectivity index (χ1v) is 8.36. The molecule has 0 bridgehead atoms. The molecule has 1 saturated heterocycles. The predicted molar refractivity (Wildman–Crippen MR) is 89.4 cm³/mol. The molecule has 25 heavy (non-hydrogen) atoms. The number of aromatic amines is 1. The zero-order valence-electron chi connectivity index (χ0n) is 14.2. The average Bonchev–Trinajstić information content (AvgIpc) is 3.20. The van der Waals surface area contributed by atoms with E-state index in [0.29, 0.717) is 23.6 Å². The molecule has 0 aliphatic carbocycles. The topological polar surface area (TPSA) is 96.5 Å². The summed E-state index contributed by atoms with van der Waals surface area (Å²) in [5.74, 6) is 0.0621. The Hall–Kier alpha value is -2.90.